The quantitative estimate of drug-likeness (QED) is 0.826. The van der Waals surface area contributed by atoms with Crippen molar-refractivity contribution >= 4 is 0 Å². The Labute approximate surface area is 106 Å². The summed E-state index contributed by atoms with van der Waals surface area (Å²) in [5.41, 5.74) is 4.71. The highest BCUT2D eigenvalue weighted by Gasteiger charge is 2.27. The summed E-state index contributed by atoms with van der Waals surface area (Å²) < 4.78 is 0. The smallest absolute Gasteiger partial charge is 0.0205 e. The van der Waals surface area contributed by atoms with Crippen molar-refractivity contribution in [1.82, 2.24) is 5.32 Å². The summed E-state index contributed by atoms with van der Waals surface area (Å²) in [7, 11) is 0. The Morgan fingerprint density at radius 3 is 2.24 bits per heavy atom. The van der Waals surface area contributed by atoms with Gasteiger partial charge in [0.1, 0.15) is 0 Å². The Balaban J connectivity index is 1.85. The number of hydrogen-bond donors (Lipinski definition) is 1. The molecule has 1 heteroatoms. The van der Waals surface area contributed by atoms with Gasteiger partial charge >= 0.3 is 0 Å². The van der Waals surface area contributed by atoms with Crippen LogP contribution in [-0.2, 0) is 6.54 Å². The van der Waals surface area contributed by atoms with Crippen molar-refractivity contribution in [3.63, 3.8) is 0 Å². The summed E-state index contributed by atoms with van der Waals surface area (Å²) in [5, 5.41) is 3.64. The minimum absolute atomic E-state index is 0.554. The van der Waals surface area contributed by atoms with E-state index < -0.39 is 0 Å². The van der Waals surface area contributed by atoms with Crippen LogP contribution in [0.2, 0.25) is 0 Å². The second-order valence-corrected chi connectivity index (χ2v) is 6.12. The second kappa shape index (κ2) is 5.22. The predicted molar refractivity (Wildman–Crippen MR) is 74.2 cm³/mol. The number of benzene rings is 1. The standard InChI is InChI=1S/C16H25N/c1-13-8-14(2)10-15(9-13)11-17-12-16(3)6-4-5-7-16/h8-10,17H,4-7,11-12H2,1-3H3. The van der Waals surface area contributed by atoms with Crippen LogP contribution in [0.3, 0.4) is 0 Å². The van der Waals surface area contributed by atoms with Crippen molar-refractivity contribution in [3.05, 3.63) is 34.9 Å². The van der Waals surface area contributed by atoms with Crippen LogP contribution in [-0.4, -0.2) is 6.54 Å². The molecule has 0 heterocycles. The monoisotopic (exact) mass is 231 g/mol. The summed E-state index contributed by atoms with van der Waals surface area (Å²) in [5.74, 6) is 0. The molecule has 0 atom stereocenters. The summed E-state index contributed by atoms with van der Waals surface area (Å²) in [6, 6.07) is 6.82. The van der Waals surface area contributed by atoms with E-state index in [-0.39, 0.29) is 0 Å². The van der Waals surface area contributed by atoms with Crippen molar-refractivity contribution in [2.45, 2.75) is 53.0 Å². The maximum atomic E-state index is 3.64. The normalized spacial score (nSPS) is 18.5. The van der Waals surface area contributed by atoms with Gasteiger partial charge in [-0.2, -0.15) is 0 Å². The minimum atomic E-state index is 0.554. The molecule has 0 unspecified atom stereocenters. The molecule has 1 aromatic carbocycles. The van der Waals surface area contributed by atoms with Gasteiger partial charge in [-0.05, 0) is 37.7 Å². The molecule has 0 amide bonds. The molecule has 0 bridgehead atoms. The zero-order valence-electron chi connectivity index (χ0n) is 11.5. The van der Waals surface area contributed by atoms with Gasteiger partial charge in [0.2, 0.25) is 0 Å². The topological polar surface area (TPSA) is 12.0 Å². The molecular formula is C16H25N. The maximum absolute atomic E-state index is 3.64. The molecule has 0 saturated heterocycles. The first-order valence-corrected chi connectivity index (χ1v) is 6.85. The lowest BCUT2D eigenvalue weighted by molar-refractivity contribution is 0.314. The molecular weight excluding hydrogens is 206 g/mol. The van der Waals surface area contributed by atoms with E-state index in [0.717, 1.165) is 6.54 Å². The lowest BCUT2D eigenvalue weighted by atomic mass is 9.89. The van der Waals surface area contributed by atoms with Crippen LogP contribution in [0.4, 0.5) is 0 Å². The van der Waals surface area contributed by atoms with Gasteiger partial charge in [0.15, 0.2) is 0 Å². The molecule has 0 aromatic heterocycles. The van der Waals surface area contributed by atoms with E-state index in [2.05, 4.69) is 44.3 Å². The van der Waals surface area contributed by atoms with E-state index in [4.69, 9.17) is 0 Å². The van der Waals surface area contributed by atoms with E-state index in [1.54, 1.807) is 0 Å². The van der Waals surface area contributed by atoms with E-state index in [1.807, 2.05) is 0 Å². The van der Waals surface area contributed by atoms with Gasteiger partial charge in [-0.25, -0.2) is 0 Å². The number of hydrogen-bond acceptors (Lipinski definition) is 1. The van der Waals surface area contributed by atoms with E-state index >= 15 is 0 Å². The third-order valence-corrected chi connectivity index (χ3v) is 3.97. The van der Waals surface area contributed by atoms with E-state index in [1.165, 1.54) is 48.9 Å². The zero-order valence-corrected chi connectivity index (χ0v) is 11.5. The first kappa shape index (κ1) is 12.6. The summed E-state index contributed by atoms with van der Waals surface area (Å²) in [6.45, 7) is 8.95. The second-order valence-electron chi connectivity index (χ2n) is 6.12. The summed E-state index contributed by atoms with van der Waals surface area (Å²) in [4.78, 5) is 0. The fourth-order valence-electron chi connectivity index (χ4n) is 3.08. The Morgan fingerprint density at radius 2 is 1.65 bits per heavy atom. The zero-order chi connectivity index (χ0) is 12.3. The van der Waals surface area contributed by atoms with Crippen LogP contribution in [0.25, 0.3) is 0 Å². The molecule has 1 saturated carbocycles. The van der Waals surface area contributed by atoms with Crippen LogP contribution in [0, 0.1) is 19.3 Å². The number of rotatable bonds is 4. The first-order chi connectivity index (χ1) is 8.07. The summed E-state index contributed by atoms with van der Waals surface area (Å²) >= 11 is 0. The molecule has 17 heavy (non-hydrogen) atoms. The Bertz CT molecular complexity index is 355. The van der Waals surface area contributed by atoms with Gasteiger partial charge in [0.25, 0.3) is 0 Å². The fraction of sp³-hybridized carbons (Fsp3) is 0.625. The van der Waals surface area contributed by atoms with Crippen LogP contribution in [0.1, 0.15) is 49.3 Å². The molecule has 0 spiro atoms. The molecule has 1 nitrogen and oxygen atoms in total. The molecule has 1 aliphatic rings. The predicted octanol–water partition coefficient (Wildman–Crippen LogP) is 3.97. The number of nitrogens with one attached hydrogen (secondary N) is 1. The molecule has 2 rings (SSSR count). The molecule has 94 valence electrons. The SMILES string of the molecule is Cc1cc(C)cc(CNCC2(C)CCCC2)c1. The Kier molecular flexibility index (Phi) is 3.88. The molecule has 1 fully saturated rings. The third-order valence-electron chi connectivity index (χ3n) is 3.97. The van der Waals surface area contributed by atoms with Crippen molar-refractivity contribution in [2.75, 3.05) is 6.54 Å². The van der Waals surface area contributed by atoms with Crippen LogP contribution in [0.5, 0.6) is 0 Å². The Hall–Kier alpha value is -0.820. The molecule has 0 radical (unpaired) electrons. The average Bonchev–Trinajstić information content (AvgIpc) is 2.64. The van der Waals surface area contributed by atoms with Gasteiger partial charge in [-0.3, -0.25) is 0 Å². The highest BCUT2D eigenvalue weighted by Crippen LogP contribution is 2.36. The lowest BCUT2D eigenvalue weighted by Gasteiger charge is -2.23. The van der Waals surface area contributed by atoms with Crippen LogP contribution >= 0.6 is 0 Å². The largest absolute Gasteiger partial charge is 0.312 e. The molecule has 1 N–H and O–H groups in total. The fourth-order valence-corrected chi connectivity index (χ4v) is 3.08. The van der Waals surface area contributed by atoms with Crippen molar-refractivity contribution in [3.8, 4) is 0 Å². The van der Waals surface area contributed by atoms with Crippen LogP contribution in [0.15, 0.2) is 18.2 Å². The third kappa shape index (κ3) is 3.57. The molecule has 1 aromatic rings. The van der Waals surface area contributed by atoms with Crippen molar-refractivity contribution < 1.29 is 0 Å². The number of aryl methyl sites for hydroxylation is 2. The highest BCUT2D eigenvalue weighted by atomic mass is 14.9. The van der Waals surface area contributed by atoms with Crippen molar-refractivity contribution in [2.24, 2.45) is 5.41 Å². The minimum Gasteiger partial charge on any atom is -0.312 e. The molecule has 0 aliphatic heterocycles. The van der Waals surface area contributed by atoms with Crippen LogP contribution < -0.4 is 5.32 Å². The molecule has 1 aliphatic carbocycles. The van der Waals surface area contributed by atoms with Gasteiger partial charge in [-0.15, -0.1) is 0 Å². The first-order valence-electron chi connectivity index (χ1n) is 6.85. The van der Waals surface area contributed by atoms with Crippen molar-refractivity contribution in [1.29, 1.82) is 0 Å². The average molecular weight is 231 g/mol. The van der Waals surface area contributed by atoms with E-state index in [0.29, 0.717) is 5.41 Å². The lowest BCUT2D eigenvalue weighted by Crippen LogP contribution is -2.29. The van der Waals surface area contributed by atoms with Gasteiger partial charge in [0, 0.05) is 13.1 Å². The summed E-state index contributed by atoms with van der Waals surface area (Å²) in [6.07, 6.45) is 5.63. The Morgan fingerprint density at radius 1 is 1.06 bits per heavy atom. The maximum Gasteiger partial charge on any atom is 0.0205 e. The van der Waals surface area contributed by atoms with Gasteiger partial charge < -0.3 is 5.32 Å². The van der Waals surface area contributed by atoms with Gasteiger partial charge in [0.05, 0.1) is 0 Å². The van der Waals surface area contributed by atoms with Gasteiger partial charge in [-0.1, -0.05) is 49.1 Å². The highest BCUT2D eigenvalue weighted by molar-refractivity contribution is 5.28. The van der Waals surface area contributed by atoms with E-state index in [9.17, 15) is 0 Å².